The molecule has 0 bridgehead atoms. The predicted molar refractivity (Wildman–Crippen MR) is 78.7 cm³/mol. The molecule has 0 aromatic rings. The molecular weight excluding hydrogens is 256 g/mol. The van der Waals surface area contributed by atoms with Crippen LogP contribution < -0.4 is 0 Å². The van der Waals surface area contributed by atoms with Crippen LogP contribution in [0.15, 0.2) is 0 Å². The number of amides is 2. The number of likely N-dealkylation sites (tertiary alicyclic amines) is 1. The minimum Gasteiger partial charge on any atom is -0.480 e. The molecule has 0 atom stereocenters. The van der Waals surface area contributed by atoms with Gasteiger partial charge in [-0.1, -0.05) is 13.8 Å². The summed E-state index contributed by atoms with van der Waals surface area (Å²) in [5.74, 6) is -0.968. The monoisotopic (exact) mass is 284 g/mol. The first-order valence-corrected chi connectivity index (χ1v) is 7.54. The van der Waals surface area contributed by atoms with Gasteiger partial charge in [0.15, 0.2) is 0 Å². The molecule has 1 aliphatic rings. The Balaban J connectivity index is 2.87. The Morgan fingerprint density at radius 3 is 2.15 bits per heavy atom. The van der Waals surface area contributed by atoms with Gasteiger partial charge in [0.05, 0.1) is 0 Å². The lowest BCUT2D eigenvalue weighted by molar-refractivity contribution is -0.147. The van der Waals surface area contributed by atoms with Crippen LogP contribution in [0.5, 0.6) is 0 Å². The van der Waals surface area contributed by atoms with E-state index in [1.807, 2.05) is 11.8 Å². The van der Waals surface area contributed by atoms with Crippen molar-refractivity contribution in [2.45, 2.75) is 59.4 Å². The number of nitrogens with zero attached hydrogens (tertiary/aromatic N) is 2. The minimum atomic E-state index is -1.17. The van der Waals surface area contributed by atoms with Crippen LogP contribution in [0.3, 0.4) is 0 Å². The van der Waals surface area contributed by atoms with E-state index in [9.17, 15) is 14.7 Å². The van der Waals surface area contributed by atoms with Crippen LogP contribution in [-0.2, 0) is 4.79 Å². The van der Waals surface area contributed by atoms with Gasteiger partial charge in [0.1, 0.15) is 5.54 Å². The van der Waals surface area contributed by atoms with Gasteiger partial charge < -0.3 is 14.9 Å². The third-order valence-corrected chi connectivity index (χ3v) is 4.95. The first-order valence-electron chi connectivity index (χ1n) is 7.54. The van der Waals surface area contributed by atoms with Crippen molar-refractivity contribution in [3.63, 3.8) is 0 Å². The Kier molecular flexibility index (Phi) is 5.05. The quantitative estimate of drug-likeness (QED) is 0.844. The molecule has 1 rings (SSSR count). The molecule has 0 unspecified atom stereocenters. The zero-order valence-electron chi connectivity index (χ0n) is 13.4. The molecule has 5 heteroatoms. The molecule has 1 aliphatic heterocycles. The summed E-state index contributed by atoms with van der Waals surface area (Å²) in [6.07, 6.45) is 3.13. The fourth-order valence-electron chi connectivity index (χ4n) is 2.98. The number of carboxylic acids is 1. The highest BCUT2D eigenvalue weighted by atomic mass is 16.4. The van der Waals surface area contributed by atoms with Crippen molar-refractivity contribution in [1.29, 1.82) is 0 Å². The van der Waals surface area contributed by atoms with Gasteiger partial charge in [0.25, 0.3) is 0 Å². The number of rotatable bonds is 5. The Labute approximate surface area is 121 Å². The van der Waals surface area contributed by atoms with Crippen molar-refractivity contribution in [1.82, 2.24) is 9.80 Å². The van der Waals surface area contributed by atoms with E-state index in [0.717, 1.165) is 32.4 Å². The zero-order chi connectivity index (χ0) is 15.6. The molecule has 0 aromatic carbocycles. The van der Waals surface area contributed by atoms with Crippen molar-refractivity contribution in [2.24, 2.45) is 5.41 Å². The van der Waals surface area contributed by atoms with E-state index in [1.165, 1.54) is 4.90 Å². The van der Waals surface area contributed by atoms with Crippen LogP contribution in [-0.4, -0.2) is 52.1 Å². The van der Waals surface area contributed by atoms with Gasteiger partial charge in [-0.25, -0.2) is 9.59 Å². The van der Waals surface area contributed by atoms with E-state index >= 15 is 0 Å². The molecule has 1 fully saturated rings. The number of hydrogen-bond donors (Lipinski definition) is 1. The number of aliphatic carboxylic acids is 1. The lowest BCUT2D eigenvalue weighted by Gasteiger charge is -2.37. The minimum absolute atomic E-state index is 0.149. The average molecular weight is 284 g/mol. The molecule has 0 saturated carbocycles. The fraction of sp³-hybridized carbons (Fsp3) is 0.867. The van der Waals surface area contributed by atoms with Crippen LogP contribution in [0.4, 0.5) is 4.79 Å². The summed E-state index contributed by atoms with van der Waals surface area (Å²) < 4.78 is 0. The molecule has 116 valence electrons. The summed E-state index contributed by atoms with van der Waals surface area (Å²) in [7, 11) is 0. The Morgan fingerprint density at radius 2 is 1.80 bits per heavy atom. The predicted octanol–water partition coefficient (Wildman–Crippen LogP) is 2.80. The SMILES string of the molecule is CCN(C(=O)N1CCC(CC)(CC)C1)C(C)(C)C(=O)O. The molecule has 0 radical (unpaired) electrons. The molecule has 0 aromatic heterocycles. The highest BCUT2D eigenvalue weighted by molar-refractivity contribution is 5.85. The molecule has 1 heterocycles. The van der Waals surface area contributed by atoms with E-state index in [2.05, 4.69) is 13.8 Å². The van der Waals surface area contributed by atoms with E-state index in [-0.39, 0.29) is 11.4 Å². The van der Waals surface area contributed by atoms with E-state index in [1.54, 1.807) is 13.8 Å². The Morgan fingerprint density at radius 1 is 1.25 bits per heavy atom. The maximum Gasteiger partial charge on any atom is 0.329 e. The second-order valence-electron chi connectivity index (χ2n) is 6.27. The van der Waals surface area contributed by atoms with Crippen molar-refractivity contribution < 1.29 is 14.7 Å². The van der Waals surface area contributed by atoms with Crippen molar-refractivity contribution in [3.8, 4) is 0 Å². The van der Waals surface area contributed by atoms with Gasteiger partial charge in [-0.2, -0.15) is 0 Å². The second-order valence-corrected chi connectivity index (χ2v) is 6.27. The van der Waals surface area contributed by atoms with Gasteiger partial charge >= 0.3 is 12.0 Å². The van der Waals surface area contributed by atoms with Crippen LogP contribution in [0.25, 0.3) is 0 Å². The molecule has 0 aliphatic carbocycles. The maximum atomic E-state index is 12.6. The van der Waals surface area contributed by atoms with Gasteiger partial charge in [-0.3, -0.25) is 0 Å². The lowest BCUT2D eigenvalue weighted by Crippen LogP contribution is -2.56. The number of likely N-dealkylation sites (N-methyl/N-ethyl adjacent to an activating group) is 1. The van der Waals surface area contributed by atoms with E-state index in [0.29, 0.717) is 6.54 Å². The topological polar surface area (TPSA) is 60.9 Å². The lowest BCUT2D eigenvalue weighted by atomic mass is 9.82. The van der Waals surface area contributed by atoms with Gasteiger partial charge in [-0.05, 0) is 45.4 Å². The third kappa shape index (κ3) is 2.91. The Hall–Kier alpha value is -1.26. The first kappa shape index (κ1) is 16.8. The maximum absolute atomic E-state index is 12.6. The number of carbonyl (C=O) groups excluding carboxylic acids is 1. The Bertz CT molecular complexity index is 375. The molecule has 1 saturated heterocycles. The van der Waals surface area contributed by atoms with Crippen LogP contribution in [0.2, 0.25) is 0 Å². The van der Waals surface area contributed by atoms with E-state index in [4.69, 9.17) is 0 Å². The van der Waals surface area contributed by atoms with Gasteiger partial charge in [0, 0.05) is 19.6 Å². The summed E-state index contributed by atoms with van der Waals surface area (Å²) in [5.41, 5.74) is -0.960. The summed E-state index contributed by atoms with van der Waals surface area (Å²) in [6, 6.07) is -0.149. The van der Waals surface area contributed by atoms with E-state index < -0.39 is 11.5 Å². The number of hydrogen-bond acceptors (Lipinski definition) is 2. The normalized spacial score (nSPS) is 18.1. The molecule has 0 spiro atoms. The summed E-state index contributed by atoms with van der Waals surface area (Å²) >= 11 is 0. The number of urea groups is 1. The summed E-state index contributed by atoms with van der Waals surface area (Å²) in [4.78, 5) is 27.3. The van der Waals surface area contributed by atoms with Crippen LogP contribution in [0, 0.1) is 5.41 Å². The standard InChI is InChI=1S/C15H28N2O3/c1-6-15(7-2)9-10-16(11-15)13(20)17(8-3)14(4,5)12(18)19/h6-11H2,1-5H3,(H,18,19). The largest absolute Gasteiger partial charge is 0.480 e. The summed E-state index contributed by atoms with van der Waals surface area (Å²) in [5, 5.41) is 9.32. The van der Waals surface area contributed by atoms with Gasteiger partial charge in [-0.15, -0.1) is 0 Å². The second kappa shape index (κ2) is 6.02. The summed E-state index contributed by atoms with van der Waals surface area (Å²) in [6.45, 7) is 11.2. The highest BCUT2D eigenvalue weighted by Gasteiger charge is 2.43. The molecule has 5 nitrogen and oxygen atoms in total. The van der Waals surface area contributed by atoms with Crippen LogP contribution >= 0.6 is 0 Å². The average Bonchev–Trinajstić information content (AvgIpc) is 2.84. The number of carbonyl (C=O) groups is 2. The third-order valence-electron chi connectivity index (χ3n) is 4.95. The van der Waals surface area contributed by atoms with Crippen molar-refractivity contribution in [3.05, 3.63) is 0 Å². The fourth-order valence-corrected chi connectivity index (χ4v) is 2.98. The smallest absolute Gasteiger partial charge is 0.329 e. The molecule has 1 N–H and O–H groups in total. The van der Waals surface area contributed by atoms with Crippen molar-refractivity contribution in [2.75, 3.05) is 19.6 Å². The first-order chi connectivity index (χ1) is 9.24. The van der Waals surface area contributed by atoms with Crippen molar-refractivity contribution >= 4 is 12.0 Å². The molecular formula is C15H28N2O3. The highest BCUT2D eigenvalue weighted by Crippen LogP contribution is 2.37. The molecule has 2 amide bonds. The van der Waals surface area contributed by atoms with Crippen LogP contribution in [0.1, 0.15) is 53.9 Å². The molecule has 20 heavy (non-hydrogen) atoms. The number of carboxylic acid groups (broad SMARTS) is 1. The zero-order valence-corrected chi connectivity index (χ0v) is 13.4. The van der Waals surface area contributed by atoms with Gasteiger partial charge in [0.2, 0.25) is 0 Å².